The van der Waals surface area contributed by atoms with Crippen LogP contribution in [-0.4, -0.2) is 12.5 Å². The van der Waals surface area contributed by atoms with Crippen LogP contribution in [-0.2, 0) is 4.79 Å². The number of unbranched alkanes of at least 4 members (excludes halogenated alkanes) is 2. The molecule has 17 heavy (non-hydrogen) atoms. The molecule has 0 aliphatic heterocycles. The fourth-order valence-electron chi connectivity index (χ4n) is 1.50. The first-order valence-corrected chi connectivity index (χ1v) is 6.97. The molecule has 0 fully saturated rings. The van der Waals surface area contributed by atoms with E-state index in [1.165, 1.54) is 9.13 Å². The lowest BCUT2D eigenvalue weighted by molar-refractivity contribution is -0.116. The van der Waals surface area contributed by atoms with E-state index < -0.39 is 0 Å². The molecule has 0 aliphatic rings. The number of amides is 1. The molecular weight excluding hydrogens is 327 g/mol. The van der Waals surface area contributed by atoms with E-state index in [1.807, 2.05) is 18.2 Å². The van der Waals surface area contributed by atoms with Crippen LogP contribution < -0.4 is 11.1 Å². The van der Waals surface area contributed by atoms with Crippen LogP contribution in [0.3, 0.4) is 0 Å². The number of nitrogens with one attached hydrogen (secondary N) is 1. The predicted octanol–water partition coefficient (Wildman–Crippen LogP) is 3.06. The van der Waals surface area contributed by atoms with Gasteiger partial charge in [-0.15, -0.1) is 0 Å². The zero-order valence-electron chi connectivity index (χ0n) is 10.1. The molecule has 1 aromatic rings. The van der Waals surface area contributed by atoms with E-state index >= 15 is 0 Å². The fourth-order valence-corrected chi connectivity index (χ4v) is 2.02. The molecule has 0 atom stereocenters. The molecule has 3 nitrogen and oxygen atoms in total. The topological polar surface area (TPSA) is 55.1 Å². The molecule has 0 radical (unpaired) electrons. The van der Waals surface area contributed by atoms with Crippen molar-refractivity contribution in [1.82, 2.24) is 0 Å². The SMILES string of the molecule is Cc1ccc(NC(=O)CCCCCN)cc1I. The van der Waals surface area contributed by atoms with Crippen LogP contribution in [0.15, 0.2) is 18.2 Å². The molecule has 0 spiro atoms. The van der Waals surface area contributed by atoms with Gasteiger partial charge in [0.2, 0.25) is 5.91 Å². The minimum atomic E-state index is 0.0849. The molecule has 4 heteroatoms. The lowest BCUT2D eigenvalue weighted by Crippen LogP contribution is -2.11. The Morgan fingerprint density at radius 3 is 2.76 bits per heavy atom. The van der Waals surface area contributed by atoms with E-state index in [9.17, 15) is 4.79 Å². The summed E-state index contributed by atoms with van der Waals surface area (Å²) in [4.78, 5) is 11.6. The van der Waals surface area contributed by atoms with E-state index in [4.69, 9.17) is 5.73 Å². The quantitative estimate of drug-likeness (QED) is 0.614. The zero-order valence-corrected chi connectivity index (χ0v) is 12.3. The number of hydrogen-bond acceptors (Lipinski definition) is 2. The Balaban J connectivity index is 2.37. The number of carbonyl (C=O) groups is 1. The highest BCUT2D eigenvalue weighted by molar-refractivity contribution is 14.1. The van der Waals surface area contributed by atoms with E-state index in [-0.39, 0.29) is 5.91 Å². The van der Waals surface area contributed by atoms with E-state index in [0.717, 1.165) is 24.9 Å². The average molecular weight is 346 g/mol. The normalized spacial score (nSPS) is 10.3. The predicted molar refractivity (Wildman–Crippen MR) is 80.0 cm³/mol. The van der Waals surface area contributed by atoms with Crippen molar-refractivity contribution in [2.45, 2.75) is 32.6 Å². The number of hydrogen-bond donors (Lipinski definition) is 2. The van der Waals surface area contributed by atoms with Crippen LogP contribution in [0, 0.1) is 10.5 Å². The van der Waals surface area contributed by atoms with Gasteiger partial charge in [0.05, 0.1) is 0 Å². The number of halogens is 1. The van der Waals surface area contributed by atoms with Crippen molar-refractivity contribution in [2.75, 3.05) is 11.9 Å². The fraction of sp³-hybridized carbons (Fsp3) is 0.462. The van der Waals surface area contributed by atoms with Crippen LogP contribution in [0.5, 0.6) is 0 Å². The Morgan fingerprint density at radius 1 is 1.35 bits per heavy atom. The summed E-state index contributed by atoms with van der Waals surface area (Å²) in [6.45, 7) is 2.76. The molecule has 1 rings (SSSR count). The summed E-state index contributed by atoms with van der Waals surface area (Å²) < 4.78 is 1.17. The van der Waals surface area contributed by atoms with Gasteiger partial charge in [-0.1, -0.05) is 12.5 Å². The summed E-state index contributed by atoms with van der Waals surface area (Å²) >= 11 is 2.27. The molecule has 0 unspecified atom stereocenters. The van der Waals surface area contributed by atoms with Gasteiger partial charge in [0.25, 0.3) is 0 Å². The molecule has 1 amide bonds. The van der Waals surface area contributed by atoms with Gasteiger partial charge in [-0.3, -0.25) is 4.79 Å². The molecule has 1 aromatic carbocycles. The first-order chi connectivity index (χ1) is 8.13. The maximum atomic E-state index is 11.6. The highest BCUT2D eigenvalue weighted by Crippen LogP contribution is 2.17. The van der Waals surface area contributed by atoms with Crippen molar-refractivity contribution >= 4 is 34.2 Å². The summed E-state index contributed by atoms with van der Waals surface area (Å²) in [7, 11) is 0. The minimum absolute atomic E-state index is 0.0849. The van der Waals surface area contributed by atoms with Crippen molar-refractivity contribution in [3.63, 3.8) is 0 Å². The molecule has 0 aromatic heterocycles. The molecule has 0 saturated heterocycles. The van der Waals surface area contributed by atoms with Gasteiger partial charge >= 0.3 is 0 Å². The van der Waals surface area contributed by atoms with Gasteiger partial charge in [-0.2, -0.15) is 0 Å². The molecule has 0 heterocycles. The van der Waals surface area contributed by atoms with E-state index in [2.05, 4.69) is 34.8 Å². The van der Waals surface area contributed by atoms with Gasteiger partial charge in [-0.25, -0.2) is 0 Å². The second kappa shape index (κ2) is 7.66. The second-order valence-electron chi connectivity index (χ2n) is 4.11. The summed E-state index contributed by atoms with van der Waals surface area (Å²) in [6, 6.07) is 5.95. The number of anilines is 1. The standard InChI is InChI=1S/C13H19IN2O/c1-10-6-7-11(9-12(10)14)16-13(17)5-3-2-4-8-15/h6-7,9H,2-5,8,15H2,1H3,(H,16,17). The highest BCUT2D eigenvalue weighted by atomic mass is 127. The van der Waals surface area contributed by atoms with Gasteiger partial charge in [0.15, 0.2) is 0 Å². The summed E-state index contributed by atoms with van der Waals surface area (Å²) in [5, 5.41) is 2.91. The molecule has 0 bridgehead atoms. The first-order valence-electron chi connectivity index (χ1n) is 5.89. The summed E-state index contributed by atoms with van der Waals surface area (Å²) in [5.41, 5.74) is 7.51. The van der Waals surface area contributed by atoms with Crippen molar-refractivity contribution < 1.29 is 4.79 Å². The molecule has 0 saturated carbocycles. The van der Waals surface area contributed by atoms with Crippen LogP contribution in [0.25, 0.3) is 0 Å². The van der Waals surface area contributed by atoms with Gasteiger partial charge < -0.3 is 11.1 Å². The Bertz CT molecular complexity index is 380. The minimum Gasteiger partial charge on any atom is -0.330 e. The van der Waals surface area contributed by atoms with Crippen molar-refractivity contribution in [1.29, 1.82) is 0 Å². The maximum Gasteiger partial charge on any atom is 0.224 e. The van der Waals surface area contributed by atoms with Crippen molar-refractivity contribution in [3.05, 3.63) is 27.3 Å². The van der Waals surface area contributed by atoms with Crippen LogP contribution >= 0.6 is 22.6 Å². The largest absolute Gasteiger partial charge is 0.330 e. The van der Waals surface area contributed by atoms with Crippen LogP contribution in [0.4, 0.5) is 5.69 Å². The number of benzene rings is 1. The maximum absolute atomic E-state index is 11.6. The van der Waals surface area contributed by atoms with Crippen LogP contribution in [0.1, 0.15) is 31.2 Å². The number of nitrogens with two attached hydrogens (primary N) is 1. The zero-order chi connectivity index (χ0) is 12.7. The Kier molecular flexibility index (Phi) is 6.50. The number of rotatable bonds is 6. The monoisotopic (exact) mass is 346 g/mol. The number of carbonyl (C=O) groups excluding carboxylic acids is 1. The lowest BCUT2D eigenvalue weighted by atomic mass is 10.2. The Morgan fingerprint density at radius 2 is 2.12 bits per heavy atom. The number of aryl methyl sites for hydroxylation is 1. The van der Waals surface area contributed by atoms with Crippen molar-refractivity contribution in [3.8, 4) is 0 Å². The molecule has 3 N–H and O–H groups in total. The van der Waals surface area contributed by atoms with Gasteiger partial charge in [-0.05, 0) is 66.6 Å². The van der Waals surface area contributed by atoms with E-state index in [1.54, 1.807) is 0 Å². The molecule has 0 aliphatic carbocycles. The first kappa shape index (κ1) is 14.4. The van der Waals surface area contributed by atoms with Crippen LogP contribution in [0.2, 0.25) is 0 Å². The third-order valence-electron chi connectivity index (χ3n) is 2.56. The third kappa shape index (κ3) is 5.50. The third-order valence-corrected chi connectivity index (χ3v) is 3.73. The average Bonchev–Trinajstić information content (AvgIpc) is 2.30. The van der Waals surface area contributed by atoms with Gasteiger partial charge in [0.1, 0.15) is 0 Å². The van der Waals surface area contributed by atoms with Gasteiger partial charge in [0, 0.05) is 15.7 Å². The van der Waals surface area contributed by atoms with Crippen molar-refractivity contribution in [2.24, 2.45) is 5.73 Å². The Labute approximate surface area is 116 Å². The molecular formula is C13H19IN2O. The highest BCUT2D eigenvalue weighted by Gasteiger charge is 2.03. The lowest BCUT2D eigenvalue weighted by Gasteiger charge is -2.06. The Hall–Kier alpha value is -0.620. The second-order valence-corrected chi connectivity index (χ2v) is 5.27. The summed E-state index contributed by atoms with van der Waals surface area (Å²) in [5.74, 6) is 0.0849. The molecule has 94 valence electrons. The summed E-state index contributed by atoms with van der Waals surface area (Å²) in [6.07, 6.45) is 3.50. The van der Waals surface area contributed by atoms with E-state index in [0.29, 0.717) is 13.0 Å². The smallest absolute Gasteiger partial charge is 0.224 e.